The smallest absolute Gasteiger partial charge is 0.330 e. The molecule has 14 heavy (non-hydrogen) atoms. The van der Waals surface area contributed by atoms with Gasteiger partial charge in [-0.05, 0) is 12.8 Å². The fourth-order valence-electron chi connectivity index (χ4n) is 0.912. The number of alkyl halides is 1. The first-order valence-electron chi connectivity index (χ1n) is 4.23. The Balaban J connectivity index is 4.07. The highest BCUT2D eigenvalue weighted by atomic mass is 35.5. The quantitative estimate of drug-likeness (QED) is 0.291. The molecule has 0 aromatic heterocycles. The maximum absolute atomic E-state index is 11.3. The molecule has 78 valence electrons. The Morgan fingerprint density at radius 2 is 2.14 bits per heavy atom. The van der Waals surface area contributed by atoms with Crippen molar-refractivity contribution in [2.75, 3.05) is 13.0 Å². The minimum absolute atomic E-state index is 0.194. The number of esters is 1. The number of nitrogens with zero attached hydrogens (tertiary/aromatic N) is 1. The van der Waals surface area contributed by atoms with Crippen molar-refractivity contribution >= 4 is 23.4 Å². The van der Waals surface area contributed by atoms with E-state index in [0.717, 1.165) is 7.11 Å². The number of hydrogen-bond donors (Lipinski definition) is 0. The maximum atomic E-state index is 11.3. The summed E-state index contributed by atoms with van der Waals surface area (Å²) in [6.07, 6.45) is 1.49. The molecule has 0 aliphatic heterocycles. The molecule has 0 spiro atoms. The van der Waals surface area contributed by atoms with Crippen molar-refractivity contribution in [3.8, 4) is 6.07 Å². The molecule has 0 saturated carbocycles. The van der Waals surface area contributed by atoms with Crippen LogP contribution in [0.5, 0.6) is 0 Å². The zero-order valence-electron chi connectivity index (χ0n) is 7.96. The molecule has 0 heterocycles. The van der Waals surface area contributed by atoms with Crippen molar-refractivity contribution in [1.82, 2.24) is 0 Å². The number of hydrogen-bond acceptors (Lipinski definition) is 4. The van der Waals surface area contributed by atoms with Gasteiger partial charge in [0.25, 0.3) is 0 Å². The number of Topliss-reactive ketones (excluding diaryl/α,β-unsaturated/α-hetero) is 1. The maximum Gasteiger partial charge on any atom is 0.330 e. The van der Waals surface area contributed by atoms with E-state index in [1.807, 2.05) is 0 Å². The second kappa shape index (κ2) is 7.34. The van der Waals surface area contributed by atoms with Crippen LogP contribution >= 0.6 is 11.6 Å². The van der Waals surface area contributed by atoms with Crippen LogP contribution in [-0.4, -0.2) is 24.7 Å². The number of halogens is 1. The summed E-state index contributed by atoms with van der Waals surface area (Å²) >= 11 is 5.42. The number of ketones is 1. The van der Waals surface area contributed by atoms with Crippen LogP contribution in [0.2, 0.25) is 0 Å². The Hall–Kier alpha value is -1.08. The summed E-state index contributed by atoms with van der Waals surface area (Å²) in [5, 5.41) is 8.56. The molecular weight excluding hydrogens is 206 g/mol. The highest BCUT2D eigenvalue weighted by Gasteiger charge is 2.26. The fourth-order valence-corrected chi connectivity index (χ4v) is 1.10. The summed E-state index contributed by atoms with van der Waals surface area (Å²) in [4.78, 5) is 22.2. The monoisotopic (exact) mass is 217 g/mol. The molecule has 0 radical (unpaired) electrons. The Bertz CT molecular complexity index is 247. The second-order valence-electron chi connectivity index (χ2n) is 2.70. The van der Waals surface area contributed by atoms with Gasteiger partial charge in [-0.2, -0.15) is 5.26 Å². The van der Waals surface area contributed by atoms with Gasteiger partial charge in [0.05, 0.1) is 13.2 Å². The number of rotatable bonds is 6. The van der Waals surface area contributed by atoms with Crippen LogP contribution in [0, 0.1) is 17.2 Å². The fraction of sp³-hybridized carbons (Fsp3) is 0.667. The lowest BCUT2D eigenvalue weighted by Crippen LogP contribution is -2.23. The molecule has 0 fully saturated rings. The molecule has 0 saturated heterocycles. The van der Waals surface area contributed by atoms with Gasteiger partial charge in [0, 0.05) is 12.3 Å². The molecule has 0 aliphatic carbocycles. The molecule has 1 atom stereocenters. The predicted molar refractivity (Wildman–Crippen MR) is 50.7 cm³/mol. The highest BCUT2D eigenvalue weighted by molar-refractivity contribution is 6.17. The zero-order chi connectivity index (χ0) is 11.0. The third-order valence-corrected chi connectivity index (χ3v) is 1.96. The van der Waals surface area contributed by atoms with Gasteiger partial charge in [-0.25, -0.2) is 0 Å². The van der Waals surface area contributed by atoms with Gasteiger partial charge in [0.2, 0.25) is 5.92 Å². The van der Waals surface area contributed by atoms with E-state index in [0.29, 0.717) is 18.7 Å². The van der Waals surface area contributed by atoms with Crippen LogP contribution < -0.4 is 0 Å². The van der Waals surface area contributed by atoms with Crippen LogP contribution in [0.15, 0.2) is 0 Å². The van der Waals surface area contributed by atoms with Crippen molar-refractivity contribution in [1.29, 1.82) is 5.26 Å². The Morgan fingerprint density at radius 1 is 1.50 bits per heavy atom. The molecule has 0 N–H and O–H groups in total. The van der Waals surface area contributed by atoms with Crippen LogP contribution in [0.3, 0.4) is 0 Å². The number of unbranched alkanes of at least 4 members (excludes halogenated alkanes) is 1. The minimum Gasteiger partial charge on any atom is -0.468 e. The van der Waals surface area contributed by atoms with Gasteiger partial charge in [-0.3, -0.25) is 9.59 Å². The number of nitriles is 1. The van der Waals surface area contributed by atoms with Crippen molar-refractivity contribution in [2.24, 2.45) is 5.92 Å². The molecule has 4 nitrogen and oxygen atoms in total. The average Bonchev–Trinajstić information content (AvgIpc) is 2.19. The summed E-state index contributed by atoms with van der Waals surface area (Å²) in [6, 6.07) is 1.62. The van der Waals surface area contributed by atoms with E-state index in [-0.39, 0.29) is 6.42 Å². The molecule has 0 rings (SSSR count). The van der Waals surface area contributed by atoms with E-state index in [4.69, 9.17) is 16.9 Å². The highest BCUT2D eigenvalue weighted by Crippen LogP contribution is 2.07. The van der Waals surface area contributed by atoms with Crippen LogP contribution in [0.4, 0.5) is 0 Å². The van der Waals surface area contributed by atoms with Crippen LogP contribution in [-0.2, 0) is 14.3 Å². The normalized spacial score (nSPS) is 11.5. The molecule has 0 aromatic carbocycles. The minimum atomic E-state index is -1.28. The van der Waals surface area contributed by atoms with Crippen molar-refractivity contribution in [3.05, 3.63) is 0 Å². The summed E-state index contributed by atoms with van der Waals surface area (Å²) in [6.45, 7) is 0. The van der Waals surface area contributed by atoms with Crippen molar-refractivity contribution in [2.45, 2.75) is 19.3 Å². The Morgan fingerprint density at radius 3 is 2.57 bits per heavy atom. The predicted octanol–water partition coefficient (Wildman–Crippen LogP) is 1.28. The van der Waals surface area contributed by atoms with Crippen molar-refractivity contribution in [3.63, 3.8) is 0 Å². The van der Waals surface area contributed by atoms with Crippen molar-refractivity contribution < 1.29 is 14.3 Å². The third kappa shape index (κ3) is 4.24. The standard InChI is InChI=1S/C9H12ClNO3/c1-14-9(13)7(6-11)8(12)4-2-3-5-10/h7H,2-5H2,1H3. The van der Waals surface area contributed by atoms with Gasteiger partial charge in [-0.1, -0.05) is 0 Å². The molecule has 1 unspecified atom stereocenters. The van der Waals surface area contributed by atoms with E-state index in [1.54, 1.807) is 6.07 Å². The lowest BCUT2D eigenvalue weighted by molar-refractivity contribution is -0.147. The topological polar surface area (TPSA) is 67.2 Å². The number of ether oxygens (including phenoxy) is 1. The number of carbonyl (C=O) groups excluding carboxylic acids is 2. The van der Waals surface area contributed by atoms with Gasteiger partial charge in [-0.15, -0.1) is 11.6 Å². The van der Waals surface area contributed by atoms with Gasteiger partial charge < -0.3 is 4.74 Å². The van der Waals surface area contributed by atoms with Gasteiger partial charge in [0.15, 0.2) is 5.78 Å². The van der Waals surface area contributed by atoms with E-state index in [9.17, 15) is 9.59 Å². The average molecular weight is 218 g/mol. The summed E-state index contributed by atoms with van der Waals surface area (Å²) < 4.78 is 4.32. The number of carbonyl (C=O) groups is 2. The van der Waals surface area contributed by atoms with Gasteiger partial charge in [0.1, 0.15) is 0 Å². The zero-order valence-corrected chi connectivity index (χ0v) is 8.71. The number of methoxy groups -OCH3 is 1. The molecule has 0 amide bonds. The summed E-state index contributed by atoms with van der Waals surface area (Å²) in [5.74, 6) is -1.99. The second-order valence-corrected chi connectivity index (χ2v) is 3.08. The van der Waals surface area contributed by atoms with Crippen LogP contribution in [0.25, 0.3) is 0 Å². The first-order valence-corrected chi connectivity index (χ1v) is 4.77. The Labute approximate surface area is 87.8 Å². The first-order chi connectivity index (χ1) is 6.67. The molecule has 0 bridgehead atoms. The van der Waals surface area contributed by atoms with E-state index in [1.165, 1.54) is 0 Å². The molecule has 0 aliphatic rings. The molecule has 5 heteroatoms. The summed E-state index contributed by atoms with van der Waals surface area (Å²) in [5.41, 5.74) is 0. The lowest BCUT2D eigenvalue weighted by atomic mass is 10.0. The molecule has 0 aromatic rings. The van der Waals surface area contributed by atoms with E-state index in [2.05, 4.69) is 4.74 Å². The van der Waals surface area contributed by atoms with Gasteiger partial charge >= 0.3 is 5.97 Å². The SMILES string of the molecule is COC(=O)C(C#N)C(=O)CCCCCl. The van der Waals surface area contributed by atoms with Crippen LogP contribution in [0.1, 0.15) is 19.3 Å². The van der Waals surface area contributed by atoms with E-state index >= 15 is 0 Å². The summed E-state index contributed by atoms with van der Waals surface area (Å²) in [7, 11) is 1.15. The largest absolute Gasteiger partial charge is 0.468 e. The molecular formula is C9H12ClNO3. The lowest BCUT2D eigenvalue weighted by Gasteiger charge is -2.04. The third-order valence-electron chi connectivity index (χ3n) is 1.69. The first kappa shape index (κ1) is 12.9. The Kier molecular flexibility index (Phi) is 6.77. The van der Waals surface area contributed by atoms with E-state index < -0.39 is 17.7 Å².